The molecule has 4 nitrogen and oxygen atoms in total. The minimum absolute atomic E-state index is 0.279. The van der Waals surface area contributed by atoms with Crippen LogP contribution in [0.25, 0.3) is 0 Å². The van der Waals surface area contributed by atoms with Crippen LogP contribution in [0.3, 0.4) is 0 Å². The number of hydrogen-bond donors (Lipinski definition) is 2. The summed E-state index contributed by atoms with van der Waals surface area (Å²) in [4.78, 5) is 13.1. The lowest BCUT2D eigenvalue weighted by atomic mass is 10.1. The highest BCUT2D eigenvalue weighted by atomic mass is 16.4. The minimum atomic E-state index is -0.677. The molecule has 0 aromatic rings. The Bertz CT molecular complexity index is 197. The van der Waals surface area contributed by atoms with Crippen LogP contribution in [0.1, 0.15) is 26.2 Å². The summed E-state index contributed by atoms with van der Waals surface area (Å²) in [5.74, 6) is -0.677. The third kappa shape index (κ3) is 2.69. The van der Waals surface area contributed by atoms with Crippen molar-refractivity contribution in [2.75, 3.05) is 20.1 Å². The molecule has 1 aliphatic heterocycles. The van der Waals surface area contributed by atoms with Crippen LogP contribution in [-0.2, 0) is 4.79 Å². The lowest BCUT2D eigenvalue weighted by Gasteiger charge is -2.23. The van der Waals surface area contributed by atoms with E-state index in [1.54, 1.807) is 0 Å². The van der Waals surface area contributed by atoms with E-state index in [0.29, 0.717) is 6.04 Å². The first-order valence-electron chi connectivity index (χ1n) is 5.33. The number of carbonyl (C=O) groups is 1. The van der Waals surface area contributed by atoms with E-state index < -0.39 is 5.97 Å². The predicted molar refractivity (Wildman–Crippen MR) is 55.4 cm³/mol. The Morgan fingerprint density at radius 3 is 2.86 bits per heavy atom. The molecule has 1 heterocycles. The molecular formula is C10H20N2O2. The van der Waals surface area contributed by atoms with Gasteiger partial charge >= 0.3 is 5.97 Å². The van der Waals surface area contributed by atoms with Gasteiger partial charge in [0.05, 0.1) is 0 Å². The number of aliphatic carboxylic acids is 1. The highest BCUT2D eigenvalue weighted by Crippen LogP contribution is 2.16. The summed E-state index contributed by atoms with van der Waals surface area (Å²) in [6.45, 7) is 3.80. The third-order valence-electron chi connectivity index (χ3n) is 2.92. The second-order valence-electron chi connectivity index (χ2n) is 3.91. The van der Waals surface area contributed by atoms with Crippen molar-refractivity contribution in [1.82, 2.24) is 10.2 Å². The van der Waals surface area contributed by atoms with Crippen molar-refractivity contribution < 1.29 is 9.90 Å². The number of likely N-dealkylation sites (tertiary alicyclic amines) is 1. The van der Waals surface area contributed by atoms with E-state index in [0.717, 1.165) is 32.4 Å². The van der Waals surface area contributed by atoms with Gasteiger partial charge in [-0.05, 0) is 19.9 Å². The number of nitrogens with zero attached hydrogens (tertiary/aromatic N) is 1. The highest BCUT2D eigenvalue weighted by molar-refractivity contribution is 5.73. The average molecular weight is 200 g/mol. The van der Waals surface area contributed by atoms with E-state index in [1.807, 2.05) is 14.0 Å². The average Bonchev–Trinajstić information content (AvgIpc) is 2.61. The molecule has 1 fully saturated rings. The molecule has 1 aliphatic rings. The second-order valence-corrected chi connectivity index (χ2v) is 3.91. The summed E-state index contributed by atoms with van der Waals surface area (Å²) in [6, 6.07) is 0.187. The molecule has 4 heteroatoms. The number of nitrogens with one attached hydrogen (secondary N) is 1. The fourth-order valence-corrected chi connectivity index (χ4v) is 2.04. The van der Waals surface area contributed by atoms with E-state index >= 15 is 0 Å². The quantitative estimate of drug-likeness (QED) is 0.680. The number of carboxylic acid groups (broad SMARTS) is 1. The first kappa shape index (κ1) is 11.5. The van der Waals surface area contributed by atoms with Gasteiger partial charge in [0.15, 0.2) is 0 Å². The molecule has 0 saturated carbocycles. The Kier molecular flexibility index (Phi) is 4.35. The van der Waals surface area contributed by atoms with Crippen molar-refractivity contribution in [1.29, 1.82) is 0 Å². The van der Waals surface area contributed by atoms with Crippen molar-refractivity contribution in [3.63, 3.8) is 0 Å². The SMILES string of the molecule is CCCC(C(=O)O)N1CCC(NC)C1. The number of carboxylic acids is 1. The van der Waals surface area contributed by atoms with Crippen molar-refractivity contribution in [2.24, 2.45) is 0 Å². The van der Waals surface area contributed by atoms with Crippen molar-refractivity contribution in [2.45, 2.75) is 38.3 Å². The van der Waals surface area contributed by atoms with Gasteiger partial charge in [0.1, 0.15) is 6.04 Å². The van der Waals surface area contributed by atoms with Crippen LogP contribution in [0, 0.1) is 0 Å². The molecule has 14 heavy (non-hydrogen) atoms. The minimum Gasteiger partial charge on any atom is -0.480 e. The van der Waals surface area contributed by atoms with Gasteiger partial charge in [-0.2, -0.15) is 0 Å². The van der Waals surface area contributed by atoms with Gasteiger partial charge in [-0.15, -0.1) is 0 Å². The number of rotatable bonds is 5. The van der Waals surface area contributed by atoms with Crippen LogP contribution >= 0.6 is 0 Å². The zero-order valence-corrected chi connectivity index (χ0v) is 8.99. The molecule has 0 aliphatic carbocycles. The summed E-state index contributed by atoms with van der Waals surface area (Å²) < 4.78 is 0. The van der Waals surface area contributed by atoms with E-state index in [9.17, 15) is 4.79 Å². The lowest BCUT2D eigenvalue weighted by molar-refractivity contribution is -0.143. The van der Waals surface area contributed by atoms with Gasteiger partial charge in [-0.25, -0.2) is 0 Å². The molecule has 0 amide bonds. The van der Waals surface area contributed by atoms with Gasteiger partial charge in [0.2, 0.25) is 0 Å². The van der Waals surface area contributed by atoms with Crippen molar-refractivity contribution >= 4 is 5.97 Å². The van der Waals surface area contributed by atoms with E-state index in [2.05, 4.69) is 10.2 Å². The summed E-state index contributed by atoms with van der Waals surface area (Å²) in [5, 5.41) is 12.3. The van der Waals surface area contributed by atoms with Gasteiger partial charge in [0, 0.05) is 19.1 Å². The Morgan fingerprint density at radius 2 is 2.43 bits per heavy atom. The van der Waals surface area contributed by atoms with Crippen LogP contribution in [-0.4, -0.2) is 48.2 Å². The van der Waals surface area contributed by atoms with Gasteiger partial charge in [0.25, 0.3) is 0 Å². The molecular weight excluding hydrogens is 180 g/mol. The Hall–Kier alpha value is -0.610. The summed E-state index contributed by atoms with van der Waals surface area (Å²) in [6.07, 6.45) is 2.74. The predicted octanol–water partition coefficient (Wildman–Crippen LogP) is 0.533. The summed E-state index contributed by atoms with van der Waals surface area (Å²) in [5.41, 5.74) is 0. The molecule has 2 atom stereocenters. The topological polar surface area (TPSA) is 52.6 Å². The summed E-state index contributed by atoms with van der Waals surface area (Å²) >= 11 is 0. The monoisotopic (exact) mass is 200 g/mol. The van der Waals surface area contributed by atoms with Crippen molar-refractivity contribution in [3.05, 3.63) is 0 Å². The van der Waals surface area contributed by atoms with Gasteiger partial charge in [-0.1, -0.05) is 13.3 Å². The first-order valence-corrected chi connectivity index (χ1v) is 5.33. The van der Waals surface area contributed by atoms with Crippen LogP contribution in [0.5, 0.6) is 0 Å². The normalized spacial score (nSPS) is 25.1. The fourth-order valence-electron chi connectivity index (χ4n) is 2.04. The zero-order chi connectivity index (χ0) is 10.6. The number of likely N-dealkylation sites (N-methyl/N-ethyl adjacent to an activating group) is 1. The Balaban J connectivity index is 2.48. The Labute approximate surface area is 85.3 Å². The Morgan fingerprint density at radius 1 is 1.71 bits per heavy atom. The van der Waals surface area contributed by atoms with Crippen LogP contribution in [0.15, 0.2) is 0 Å². The number of hydrogen-bond acceptors (Lipinski definition) is 3. The molecule has 0 aromatic heterocycles. The molecule has 0 aromatic carbocycles. The van der Waals surface area contributed by atoms with Gasteiger partial charge in [-0.3, -0.25) is 9.69 Å². The van der Waals surface area contributed by atoms with E-state index in [1.165, 1.54) is 0 Å². The van der Waals surface area contributed by atoms with Crippen molar-refractivity contribution in [3.8, 4) is 0 Å². The molecule has 1 rings (SSSR count). The zero-order valence-electron chi connectivity index (χ0n) is 8.99. The van der Waals surface area contributed by atoms with Crippen LogP contribution < -0.4 is 5.32 Å². The molecule has 1 saturated heterocycles. The third-order valence-corrected chi connectivity index (χ3v) is 2.92. The molecule has 0 bridgehead atoms. The van der Waals surface area contributed by atoms with E-state index in [-0.39, 0.29) is 6.04 Å². The maximum Gasteiger partial charge on any atom is 0.320 e. The fraction of sp³-hybridized carbons (Fsp3) is 0.900. The summed E-state index contributed by atoms with van der Waals surface area (Å²) in [7, 11) is 1.93. The molecule has 82 valence electrons. The molecule has 0 radical (unpaired) electrons. The highest BCUT2D eigenvalue weighted by Gasteiger charge is 2.30. The van der Waals surface area contributed by atoms with E-state index in [4.69, 9.17) is 5.11 Å². The van der Waals surface area contributed by atoms with Gasteiger partial charge < -0.3 is 10.4 Å². The lowest BCUT2D eigenvalue weighted by Crippen LogP contribution is -2.41. The molecule has 2 N–H and O–H groups in total. The smallest absolute Gasteiger partial charge is 0.320 e. The maximum absolute atomic E-state index is 11.0. The molecule has 0 spiro atoms. The maximum atomic E-state index is 11.0. The van der Waals surface area contributed by atoms with Crippen LogP contribution in [0.4, 0.5) is 0 Å². The molecule has 2 unspecified atom stereocenters. The van der Waals surface area contributed by atoms with Crippen LogP contribution in [0.2, 0.25) is 0 Å². The largest absolute Gasteiger partial charge is 0.480 e. The standard InChI is InChI=1S/C10H20N2O2/c1-3-4-9(10(13)14)12-6-5-8(7-12)11-2/h8-9,11H,3-7H2,1-2H3,(H,13,14). The first-order chi connectivity index (χ1) is 6.69. The second kappa shape index (κ2) is 5.32.